The molecule has 1 unspecified atom stereocenters. The first-order valence-corrected chi connectivity index (χ1v) is 5.92. The number of hydrogen-bond acceptors (Lipinski definition) is 3. The third kappa shape index (κ3) is 2.38. The Hall–Kier alpha value is -0.610. The van der Waals surface area contributed by atoms with Crippen molar-refractivity contribution in [3.05, 3.63) is 0 Å². The molecule has 0 bridgehead atoms. The van der Waals surface area contributed by atoms with Crippen molar-refractivity contribution in [2.24, 2.45) is 17.1 Å². The van der Waals surface area contributed by atoms with E-state index in [0.29, 0.717) is 5.92 Å². The standard InChI is InChI=1S/C12H24N2O2/c1-9(2)11(3)5-6-14(7-11)10(16)12(4,13)8-15/h9,15H,5-8,13H2,1-4H3/t11-,12?/m0/s1. The highest BCUT2D eigenvalue weighted by atomic mass is 16.3. The van der Waals surface area contributed by atoms with Gasteiger partial charge in [-0.1, -0.05) is 20.8 Å². The summed E-state index contributed by atoms with van der Waals surface area (Å²) in [6, 6.07) is 0. The van der Waals surface area contributed by atoms with Gasteiger partial charge in [0.1, 0.15) is 5.54 Å². The first-order valence-electron chi connectivity index (χ1n) is 5.92. The molecule has 94 valence electrons. The Labute approximate surface area is 97.8 Å². The molecule has 0 aromatic rings. The van der Waals surface area contributed by atoms with Crippen LogP contribution in [0.5, 0.6) is 0 Å². The number of carbonyl (C=O) groups is 1. The molecule has 1 fully saturated rings. The minimum Gasteiger partial charge on any atom is -0.394 e. The van der Waals surface area contributed by atoms with Gasteiger partial charge < -0.3 is 15.7 Å². The number of rotatable bonds is 3. The Morgan fingerprint density at radius 2 is 2.19 bits per heavy atom. The Bertz CT molecular complexity index is 276. The molecule has 16 heavy (non-hydrogen) atoms. The summed E-state index contributed by atoms with van der Waals surface area (Å²) in [6.07, 6.45) is 1.01. The molecule has 0 aromatic carbocycles. The molecule has 3 N–H and O–H groups in total. The van der Waals surface area contributed by atoms with Crippen molar-refractivity contribution in [3.63, 3.8) is 0 Å². The summed E-state index contributed by atoms with van der Waals surface area (Å²) in [4.78, 5) is 13.8. The Morgan fingerprint density at radius 3 is 2.56 bits per heavy atom. The fraction of sp³-hybridized carbons (Fsp3) is 0.917. The van der Waals surface area contributed by atoms with Crippen LogP contribution in [0.25, 0.3) is 0 Å². The van der Waals surface area contributed by atoms with Gasteiger partial charge in [0, 0.05) is 13.1 Å². The molecule has 1 amide bonds. The lowest BCUT2D eigenvalue weighted by Gasteiger charge is -2.31. The van der Waals surface area contributed by atoms with Gasteiger partial charge in [-0.05, 0) is 24.7 Å². The highest BCUT2D eigenvalue weighted by Gasteiger charge is 2.42. The molecule has 4 nitrogen and oxygen atoms in total. The molecule has 1 rings (SSSR count). The molecule has 0 aromatic heterocycles. The highest BCUT2D eigenvalue weighted by molar-refractivity contribution is 5.86. The predicted molar refractivity (Wildman–Crippen MR) is 63.8 cm³/mol. The molecular weight excluding hydrogens is 204 g/mol. The van der Waals surface area contributed by atoms with E-state index in [4.69, 9.17) is 10.8 Å². The smallest absolute Gasteiger partial charge is 0.244 e. The maximum atomic E-state index is 12.0. The van der Waals surface area contributed by atoms with E-state index >= 15 is 0 Å². The molecule has 1 aliphatic heterocycles. The second-order valence-corrected chi connectivity index (χ2v) is 5.86. The molecule has 1 saturated heterocycles. The highest BCUT2D eigenvalue weighted by Crippen LogP contribution is 2.37. The van der Waals surface area contributed by atoms with Gasteiger partial charge in [-0.2, -0.15) is 0 Å². The van der Waals surface area contributed by atoms with Crippen molar-refractivity contribution in [1.82, 2.24) is 4.90 Å². The molecule has 1 aliphatic rings. The summed E-state index contributed by atoms with van der Waals surface area (Å²) < 4.78 is 0. The maximum Gasteiger partial charge on any atom is 0.244 e. The maximum absolute atomic E-state index is 12.0. The van der Waals surface area contributed by atoms with E-state index < -0.39 is 5.54 Å². The lowest BCUT2D eigenvalue weighted by Crippen LogP contribution is -2.55. The molecular formula is C12H24N2O2. The van der Waals surface area contributed by atoms with Crippen LogP contribution in [0.15, 0.2) is 0 Å². The van der Waals surface area contributed by atoms with Crippen LogP contribution in [0.2, 0.25) is 0 Å². The van der Waals surface area contributed by atoms with Gasteiger partial charge in [-0.15, -0.1) is 0 Å². The van der Waals surface area contributed by atoms with Gasteiger partial charge in [-0.3, -0.25) is 4.79 Å². The van der Waals surface area contributed by atoms with Gasteiger partial charge in [0.15, 0.2) is 0 Å². The number of hydrogen-bond donors (Lipinski definition) is 2. The third-order valence-electron chi connectivity index (χ3n) is 4.00. The predicted octanol–water partition coefficient (Wildman–Crippen LogP) is 0.591. The van der Waals surface area contributed by atoms with Crippen LogP contribution in [0.3, 0.4) is 0 Å². The van der Waals surface area contributed by atoms with Crippen molar-refractivity contribution >= 4 is 5.91 Å². The number of aliphatic hydroxyl groups is 1. The van der Waals surface area contributed by atoms with Crippen LogP contribution in [0.4, 0.5) is 0 Å². The number of nitrogens with two attached hydrogens (primary N) is 1. The molecule has 0 saturated carbocycles. The molecule has 0 spiro atoms. The van der Waals surface area contributed by atoms with Crippen molar-refractivity contribution in [3.8, 4) is 0 Å². The topological polar surface area (TPSA) is 66.6 Å². The van der Waals surface area contributed by atoms with E-state index in [1.54, 1.807) is 11.8 Å². The summed E-state index contributed by atoms with van der Waals surface area (Å²) in [6.45, 7) is 9.35. The molecule has 2 atom stereocenters. The quantitative estimate of drug-likeness (QED) is 0.743. The summed E-state index contributed by atoms with van der Waals surface area (Å²) >= 11 is 0. The van der Waals surface area contributed by atoms with Crippen LogP contribution < -0.4 is 5.73 Å². The van der Waals surface area contributed by atoms with Crippen LogP contribution >= 0.6 is 0 Å². The van der Waals surface area contributed by atoms with Gasteiger partial charge in [0.25, 0.3) is 0 Å². The fourth-order valence-corrected chi connectivity index (χ4v) is 2.06. The number of carbonyl (C=O) groups excluding carboxylic acids is 1. The summed E-state index contributed by atoms with van der Waals surface area (Å²) in [5, 5.41) is 9.09. The molecule has 4 heteroatoms. The first-order chi connectivity index (χ1) is 7.23. The van der Waals surface area contributed by atoms with Crippen molar-refractivity contribution in [2.45, 2.75) is 39.7 Å². The zero-order chi connectivity index (χ0) is 12.6. The second-order valence-electron chi connectivity index (χ2n) is 5.86. The first kappa shape index (κ1) is 13.5. The Balaban J connectivity index is 2.71. The van der Waals surface area contributed by atoms with Crippen molar-refractivity contribution in [2.75, 3.05) is 19.7 Å². The van der Waals surface area contributed by atoms with Crippen molar-refractivity contribution < 1.29 is 9.90 Å². The average Bonchev–Trinajstić information content (AvgIpc) is 2.61. The number of likely N-dealkylation sites (tertiary alicyclic amines) is 1. The summed E-state index contributed by atoms with van der Waals surface area (Å²) in [5.41, 5.74) is 4.81. The Morgan fingerprint density at radius 1 is 1.62 bits per heavy atom. The SMILES string of the molecule is CC(C)[C@@]1(C)CCN(C(=O)C(C)(N)CO)C1. The van der Waals surface area contributed by atoms with E-state index in [1.165, 1.54) is 0 Å². The van der Waals surface area contributed by atoms with Gasteiger partial charge >= 0.3 is 0 Å². The van der Waals surface area contributed by atoms with E-state index in [2.05, 4.69) is 20.8 Å². The monoisotopic (exact) mass is 228 g/mol. The van der Waals surface area contributed by atoms with Gasteiger partial charge in [-0.25, -0.2) is 0 Å². The number of amides is 1. The fourth-order valence-electron chi connectivity index (χ4n) is 2.06. The minimum absolute atomic E-state index is 0.139. The zero-order valence-electron chi connectivity index (χ0n) is 10.8. The largest absolute Gasteiger partial charge is 0.394 e. The zero-order valence-corrected chi connectivity index (χ0v) is 10.8. The van der Waals surface area contributed by atoms with Crippen LogP contribution in [-0.4, -0.2) is 41.1 Å². The van der Waals surface area contributed by atoms with E-state index in [0.717, 1.165) is 19.5 Å². The van der Waals surface area contributed by atoms with Crippen LogP contribution in [0, 0.1) is 11.3 Å². The normalized spacial score (nSPS) is 29.6. The number of aliphatic hydroxyl groups excluding tert-OH is 1. The summed E-state index contributed by atoms with van der Waals surface area (Å²) in [7, 11) is 0. The van der Waals surface area contributed by atoms with Crippen LogP contribution in [-0.2, 0) is 4.79 Å². The lowest BCUT2D eigenvalue weighted by molar-refractivity contribution is -0.137. The van der Waals surface area contributed by atoms with Gasteiger partial charge in [0.2, 0.25) is 5.91 Å². The minimum atomic E-state index is -1.14. The average molecular weight is 228 g/mol. The summed E-state index contributed by atoms with van der Waals surface area (Å²) in [5.74, 6) is 0.405. The third-order valence-corrected chi connectivity index (χ3v) is 4.00. The van der Waals surface area contributed by atoms with E-state index in [-0.39, 0.29) is 17.9 Å². The molecule has 1 heterocycles. The van der Waals surface area contributed by atoms with Crippen molar-refractivity contribution in [1.29, 1.82) is 0 Å². The van der Waals surface area contributed by atoms with Crippen LogP contribution in [0.1, 0.15) is 34.1 Å². The molecule has 0 radical (unpaired) electrons. The number of nitrogens with zero attached hydrogens (tertiary/aromatic N) is 1. The molecule has 0 aliphatic carbocycles. The van der Waals surface area contributed by atoms with E-state index in [1.807, 2.05) is 0 Å². The van der Waals surface area contributed by atoms with Gasteiger partial charge in [0.05, 0.1) is 6.61 Å². The second kappa shape index (κ2) is 4.34. The van der Waals surface area contributed by atoms with E-state index in [9.17, 15) is 4.79 Å². The Kier molecular flexibility index (Phi) is 3.65. The lowest BCUT2D eigenvalue weighted by atomic mass is 9.78.